The predicted molar refractivity (Wildman–Crippen MR) is 57.2 cm³/mol. The lowest BCUT2D eigenvalue weighted by Crippen LogP contribution is -2.56. The van der Waals surface area contributed by atoms with Crippen molar-refractivity contribution in [2.45, 2.75) is 35.5 Å². The predicted octanol–water partition coefficient (Wildman–Crippen LogP) is -0.735. The summed E-state index contributed by atoms with van der Waals surface area (Å²) in [5.74, 6) is 0. The Morgan fingerprint density at radius 1 is 1.36 bits per heavy atom. The van der Waals surface area contributed by atoms with Crippen LogP contribution in [0.2, 0.25) is 0 Å². The number of aliphatic hydroxyl groups excluding tert-OH is 3. The van der Waals surface area contributed by atoms with Crippen molar-refractivity contribution in [1.82, 2.24) is 0 Å². The lowest BCUT2D eigenvalue weighted by Gasteiger charge is -2.39. The van der Waals surface area contributed by atoms with E-state index in [1.54, 1.807) is 6.92 Å². The molecule has 0 radical (unpaired) electrons. The highest BCUT2D eigenvalue weighted by Crippen LogP contribution is 2.27. The summed E-state index contributed by atoms with van der Waals surface area (Å²) < 4.78 is 10.1. The summed E-state index contributed by atoms with van der Waals surface area (Å²) >= 11 is 1.95. The lowest BCUT2D eigenvalue weighted by atomic mass is 10.0. The van der Waals surface area contributed by atoms with Crippen molar-refractivity contribution in [3.05, 3.63) is 0 Å². The summed E-state index contributed by atoms with van der Waals surface area (Å²) in [6.07, 6.45) is -3.33. The minimum absolute atomic E-state index is 0.193. The molecule has 6 heteroatoms. The van der Waals surface area contributed by atoms with E-state index in [-0.39, 0.29) is 10.5 Å². The number of rotatable bonds is 3. The Labute approximate surface area is 96.2 Å². The number of hydrogen-bond acceptors (Lipinski definition) is 5. The van der Waals surface area contributed by atoms with Gasteiger partial charge in [0.2, 0.25) is 0 Å². The molecule has 1 aliphatic rings. The van der Waals surface area contributed by atoms with Crippen molar-refractivity contribution < 1.29 is 24.8 Å². The zero-order valence-electron chi connectivity index (χ0n) is 7.84. The standard InChI is InChI=1S/C8H15IO5/c1-2-13-8-7(12)6(11)5(9)4(3-10)14-8/h4-8,10-12H,2-3H2,1H3/t4-,5-,6+,7+,8?/m1/s1/i9-3. The monoisotopic (exact) mass is 315 g/mol. The molecule has 0 aromatic carbocycles. The van der Waals surface area contributed by atoms with Crippen LogP contribution in [-0.2, 0) is 9.47 Å². The molecular weight excluding hydrogens is 300 g/mol. The molecule has 0 bridgehead atoms. The quantitative estimate of drug-likeness (QED) is 0.473. The molecule has 0 aromatic heterocycles. The summed E-state index contributed by atoms with van der Waals surface area (Å²) in [4.78, 5) is 0. The first-order chi connectivity index (χ1) is 6.61. The van der Waals surface area contributed by atoms with Crippen LogP contribution in [0.1, 0.15) is 6.92 Å². The van der Waals surface area contributed by atoms with Gasteiger partial charge in [0.15, 0.2) is 6.29 Å². The maximum Gasteiger partial charge on any atom is 0.186 e. The van der Waals surface area contributed by atoms with Crippen molar-refractivity contribution >= 4 is 22.6 Å². The molecule has 0 aromatic rings. The number of aliphatic hydroxyl groups is 3. The van der Waals surface area contributed by atoms with Gasteiger partial charge in [0, 0.05) is 6.61 Å². The van der Waals surface area contributed by atoms with Gasteiger partial charge in [0.05, 0.1) is 22.7 Å². The first-order valence-electron chi connectivity index (χ1n) is 4.50. The molecule has 0 saturated carbocycles. The summed E-state index contributed by atoms with van der Waals surface area (Å²) in [5.41, 5.74) is 0. The van der Waals surface area contributed by atoms with Crippen LogP contribution in [0.5, 0.6) is 0 Å². The van der Waals surface area contributed by atoms with Gasteiger partial charge in [0.1, 0.15) is 6.10 Å². The highest BCUT2D eigenvalue weighted by atomic mass is 124. The number of halogens is 1. The first-order valence-corrected chi connectivity index (χ1v) is 5.74. The molecule has 3 N–H and O–H groups in total. The smallest absolute Gasteiger partial charge is 0.186 e. The molecule has 5 atom stereocenters. The van der Waals surface area contributed by atoms with Crippen molar-refractivity contribution in [2.24, 2.45) is 0 Å². The van der Waals surface area contributed by atoms with Crippen LogP contribution >= 0.6 is 22.6 Å². The molecule has 0 spiro atoms. The first kappa shape index (κ1) is 12.6. The molecule has 1 fully saturated rings. The third-order valence-electron chi connectivity index (χ3n) is 2.13. The molecule has 1 heterocycles. The second-order valence-electron chi connectivity index (χ2n) is 3.11. The second-order valence-corrected chi connectivity index (χ2v) is 4.54. The van der Waals surface area contributed by atoms with Crippen LogP contribution in [0.3, 0.4) is 0 Å². The van der Waals surface area contributed by atoms with Crippen molar-refractivity contribution in [3.8, 4) is 0 Å². The maximum atomic E-state index is 9.62. The average Bonchev–Trinajstić information content (AvgIpc) is 2.19. The molecule has 5 nitrogen and oxygen atoms in total. The molecule has 0 amide bonds. The van der Waals surface area contributed by atoms with E-state index >= 15 is 0 Å². The normalized spacial score (nSPS) is 43.9. The fraction of sp³-hybridized carbons (Fsp3) is 1.00. The largest absolute Gasteiger partial charge is 0.394 e. The Morgan fingerprint density at radius 2 is 2.00 bits per heavy atom. The highest BCUT2D eigenvalue weighted by Gasteiger charge is 2.43. The van der Waals surface area contributed by atoms with Crippen LogP contribution in [-0.4, -0.2) is 57.1 Å². The van der Waals surface area contributed by atoms with Crippen LogP contribution in [0, 0.1) is 0 Å². The SMILES string of the molecule is CCOC1O[C@H](CO)[C@@H]([124I])[C@H](O)[C@@H]1O. The number of hydrogen-bond donors (Lipinski definition) is 3. The molecule has 14 heavy (non-hydrogen) atoms. The lowest BCUT2D eigenvalue weighted by molar-refractivity contribution is -0.264. The third-order valence-corrected chi connectivity index (χ3v) is 3.67. The van der Waals surface area contributed by atoms with E-state index in [1.807, 2.05) is 22.6 Å². The van der Waals surface area contributed by atoms with E-state index in [0.717, 1.165) is 0 Å². The maximum absolute atomic E-state index is 9.62. The van der Waals surface area contributed by atoms with Crippen molar-refractivity contribution in [1.29, 1.82) is 0 Å². The van der Waals surface area contributed by atoms with Crippen LogP contribution in [0.4, 0.5) is 0 Å². The van der Waals surface area contributed by atoms with Crippen molar-refractivity contribution in [2.75, 3.05) is 13.2 Å². The minimum Gasteiger partial charge on any atom is -0.394 e. The van der Waals surface area contributed by atoms with Crippen LogP contribution in [0.15, 0.2) is 0 Å². The van der Waals surface area contributed by atoms with E-state index in [2.05, 4.69) is 0 Å². The van der Waals surface area contributed by atoms with Gasteiger partial charge in [0.25, 0.3) is 0 Å². The molecular formula is C8H15IO5. The molecule has 84 valence electrons. The van der Waals surface area contributed by atoms with E-state index in [4.69, 9.17) is 14.6 Å². The van der Waals surface area contributed by atoms with Gasteiger partial charge in [-0.3, -0.25) is 0 Å². The summed E-state index contributed by atoms with van der Waals surface area (Å²) in [6.45, 7) is 1.96. The van der Waals surface area contributed by atoms with Crippen molar-refractivity contribution in [3.63, 3.8) is 0 Å². The topological polar surface area (TPSA) is 79.2 Å². The van der Waals surface area contributed by atoms with Gasteiger partial charge in [-0.15, -0.1) is 0 Å². The Balaban J connectivity index is 2.63. The average molecular weight is 315 g/mol. The van der Waals surface area contributed by atoms with Gasteiger partial charge in [-0.2, -0.15) is 0 Å². The van der Waals surface area contributed by atoms with E-state index in [9.17, 15) is 10.2 Å². The summed E-state index contributed by atoms with van der Waals surface area (Å²) in [7, 11) is 0. The second kappa shape index (κ2) is 5.57. The van der Waals surface area contributed by atoms with Crippen LogP contribution < -0.4 is 0 Å². The zero-order valence-corrected chi connectivity index (χ0v) is 9.99. The Hall–Kier alpha value is 0.530. The zero-order chi connectivity index (χ0) is 10.7. The van der Waals surface area contributed by atoms with Gasteiger partial charge >= 0.3 is 0 Å². The van der Waals surface area contributed by atoms with Crippen LogP contribution in [0.25, 0.3) is 0 Å². The highest BCUT2D eigenvalue weighted by molar-refractivity contribution is 14.1. The van der Waals surface area contributed by atoms with Gasteiger partial charge in [-0.25, -0.2) is 0 Å². The third kappa shape index (κ3) is 2.56. The fourth-order valence-corrected chi connectivity index (χ4v) is 2.17. The summed E-state index contributed by atoms with van der Waals surface area (Å²) in [5, 5.41) is 28.2. The molecule has 1 aliphatic heterocycles. The number of alkyl halides is 1. The molecule has 0 aliphatic carbocycles. The van der Waals surface area contributed by atoms with Gasteiger partial charge < -0.3 is 24.8 Å². The fourth-order valence-electron chi connectivity index (χ4n) is 1.34. The van der Waals surface area contributed by atoms with E-state index in [0.29, 0.717) is 6.61 Å². The van der Waals surface area contributed by atoms with Gasteiger partial charge in [-0.05, 0) is 6.92 Å². The van der Waals surface area contributed by atoms with E-state index < -0.39 is 24.6 Å². The number of ether oxygens (including phenoxy) is 2. The minimum atomic E-state index is -1.06. The Bertz CT molecular complexity index is 175. The Morgan fingerprint density at radius 3 is 2.50 bits per heavy atom. The molecule has 1 rings (SSSR count). The van der Waals surface area contributed by atoms with Gasteiger partial charge in [-0.1, -0.05) is 22.6 Å². The Kier molecular flexibility index (Phi) is 5.01. The molecule has 1 unspecified atom stereocenters. The summed E-state index contributed by atoms with van der Waals surface area (Å²) in [6, 6.07) is 0. The molecule has 1 saturated heterocycles. The van der Waals surface area contributed by atoms with E-state index in [1.165, 1.54) is 0 Å².